The van der Waals surface area contributed by atoms with Crippen molar-refractivity contribution < 1.29 is 4.74 Å². The molecule has 2 N–H and O–H groups in total. The van der Waals surface area contributed by atoms with Gasteiger partial charge in [0.2, 0.25) is 0 Å². The molecule has 0 spiro atoms. The van der Waals surface area contributed by atoms with Gasteiger partial charge in [0.05, 0.1) is 12.8 Å². The molecule has 3 fully saturated rings. The van der Waals surface area contributed by atoms with E-state index in [2.05, 4.69) is 38.8 Å². The first-order chi connectivity index (χ1) is 12.5. The number of rotatable bonds is 5. The summed E-state index contributed by atoms with van der Waals surface area (Å²) in [7, 11) is 0. The Bertz CT molecular complexity index is 954. The van der Waals surface area contributed by atoms with Crippen LogP contribution in [0.1, 0.15) is 36.9 Å². The molecule has 134 valence electrons. The topological polar surface area (TPSA) is 78.9 Å². The van der Waals surface area contributed by atoms with Crippen LogP contribution in [-0.2, 0) is 5.41 Å². The Morgan fingerprint density at radius 1 is 1.19 bits per heavy atom. The molecule has 0 unspecified atom stereocenters. The van der Waals surface area contributed by atoms with Gasteiger partial charge in [0.1, 0.15) is 22.3 Å². The third kappa shape index (κ3) is 2.23. The number of hydrogen-bond donors (Lipinski definition) is 1. The molecule has 3 aromatic heterocycles. The molecule has 0 radical (unpaired) electrons. The fourth-order valence-electron chi connectivity index (χ4n) is 4.41. The Hall–Kier alpha value is -2.25. The molecule has 26 heavy (non-hydrogen) atoms. The molecule has 7 heteroatoms. The maximum Gasteiger partial charge on any atom is 0.187 e. The lowest BCUT2D eigenvalue weighted by molar-refractivity contribution is -0.0663. The van der Waals surface area contributed by atoms with Crippen LogP contribution in [-0.4, -0.2) is 31.9 Å². The minimum absolute atomic E-state index is 0.0275. The van der Waals surface area contributed by atoms with Crippen LogP contribution in [0.15, 0.2) is 30.5 Å². The van der Waals surface area contributed by atoms with Crippen LogP contribution >= 0.6 is 11.3 Å². The fraction of sp³-hybridized carbons (Fsp3) is 0.421. The van der Waals surface area contributed by atoms with Gasteiger partial charge in [-0.1, -0.05) is 0 Å². The van der Waals surface area contributed by atoms with Gasteiger partial charge in [-0.15, -0.1) is 21.5 Å². The first kappa shape index (κ1) is 16.0. The predicted octanol–water partition coefficient (Wildman–Crippen LogP) is 3.23. The van der Waals surface area contributed by atoms with Crippen molar-refractivity contribution in [3.05, 3.63) is 41.2 Å². The van der Waals surface area contributed by atoms with E-state index in [1.54, 1.807) is 17.5 Å². The van der Waals surface area contributed by atoms with Gasteiger partial charge in [0.25, 0.3) is 0 Å². The van der Waals surface area contributed by atoms with E-state index in [1.807, 2.05) is 19.1 Å². The summed E-state index contributed by atoms with van der Waals surface area (Å²) in [5.74, 6) is 2.57. The fourth-order valence-corrected chi connectivity index (χ4v) is 5.28. The van der Waals surface area contributed by atoms with Crippen molar-refractivity contribution in [1.82, 2.24) is 19.7 Å². The van der Waals surface area contributed by atoms with Crippen LogP contribution in [0.4, 0.5) is 0 Å². The molecule has 0 saturated heterocycles. The lowest BCUT2D eigenvalue weighted by atomic mass is 9.39. The monoisotopic (exact) mass is 367 g/mol. The Labute approximate surface area is 156 Å². The zero-order chi connectivity index (χ0) is 17.9. The van der Waals surface area contributed by atoms with Crippen LogP contribution in [0.2, 0.25) is 0 Å². The Morgan fingerprint density at radius 2 is 2.00 bits per heavy atom. The number of nitrogens with two attached hydrogens (primary N) is 1. The third-order valence-electron chi connectivity index (χ3n) is 5.43. The second kappa shape index (κ2) is 5.37. The number of thiophene rings is 1. The Balaban J connectivity index is 1.60. The summed E-state index contributed by atoms with van der Waals surface area (Å²) in [6, 6.07) is 8.14. The molecule has 0 atom stereocenters. The summed E-state index contributed by atoms with van der Waals surface area (Å²) < 4.78 is 7.68. The average molecular weight is 367 g/mol. The standard InChI is InChI=1S/C19H21N5OS/c1-3-25-13-5-6-14(21-8-13)16-22-23-17(18-9-19(20,10-18)11-18)24(16)15-7-4-12(2)26-15/h4-8H,3,9-11,20H2,1-2H3. The second-order valence-corrected chi connectivity index (χ2v) is 8.82. The quantitative estimate of drug-likeness (QED) is 0.749. The maximum atomic E-state index is 6.28. The van der Waals surface area contributed by atoms with E-state index in [0.29, 0.717) is 6.61 Å². The molecule has 2 bridgehead atoms. The van der Waals surface area contributed by atoms with E-state index in [0.717, 1.165) is 47.4 Å². The zero-order valence-corrected chi connectivity index (χ0v) is 15.7. The first-order valence-electron chi connectivity index (χ1n) is 8.93. The van der Waals surface area contributed by atoms with Crippen molar-refractivity contribution >= 4 is 11.3 Å². The highest BCUT2D eigenvalue weighted by atomic mass is 32.1. The van der Waals surface area contributed by atoms with Gasteiger partial charge in [-0.25, -0.2) is 4.98 Å². The molecular weight excluding hydrogens is 346 g/mol. The highest BCUT2D eigenvalue weighted by Gasteiger charge is 2.68. The van der Waals surface area contributed by atoms with Gasteiger partial charge < -0.3 is 10.5 Å². The van der Waals surface area contributed by atoms with Crippen LogP contribution in [0.5, 0.6) is 5.75 Å². The van der Waals surface area contributed by atoms with E-state index in [-0.39, 0.29) is 11.0 Å². The van der Waals surface area contributed by atoms with Crippen LogP contribution < -0.4 is 10.5 Å². The normalized spacial score (nSPS) is 26.3. The second-order valence-electron chi connectivity index (χ2n) is 7.55. The lowest BCUT2D eigenvalue weighted by Crippen LogP contribution is -2.75. The Morgan fingerprint density at radius 3 is 2.58 bits per heavy atom. The van der Waals surface area contributed by atoms with Crippen molar-refractivity contribution in [2.24, 2.45) is 5.73 Å². The predicted molar refractivity (Wildman–Crippen MR) is 101 cm³/mol. The summed E-state index contributed by atoms with van der Waals surface area (Å²) in [4.78, 5) is 5.82. The molecule has 0 aromatic carbocycles. The maximum absolute atomic E-state index is 6.28. The Kier molecular flexibility index (Phi) is 3.30. The summed E-state index contributed by atoms with van der Waals surface area (Å²) in [6.45, 7) is 4.70. The van der Waals surface area contributed by atoms with Crippen molar-refractivity contribution in [3.8, 4) is 22.3 Å². The van der Waals surface area contributed by atoms with Crippen molar-refractivity contribution in [2.45, 2.75) is 44.1 Å². The number of ether oxygens (including phenoxy) is 1. The van der Waals surface area contributed by atoms with E-state index in [9.17, 15) is 0 Å². The van der Waals surface area contributed by atoms with Crippen molar-refractivity contribution in [1.29, 1.82) is 0 Å². The van der Waals surface area contributed by atoms with Gasteiger partial charge in [-0.05, 0) is 57.4 Å². The van der Waals surface area contributed by atoms with Gasteiger partial charge in [-0.2, -0.15) is 0 Å². The highest BCUT2D eigenvalue weighted by Crippen LogP contribution is 2.66. The molecule has 3 aromatic rings. The number of pyridine rings is 1. The molecule has 0 aliphatic heterocycles. The van der Waals surface area contributed by atoms with E-state index in [1.165, 1.54) is 4.88 Å². The van der Waals surface area contributed by atoms with Crippen molar-refractivity contribution in [2.75, 3.05) is 6.61 Å². The van der Waals surface area contributed by atoms with Gasteiger partial charge in [0, 0.05) is 15.8 Å². The summed E-state index contributed by atoms with van der Waals surface area (Å²) in [6.07, 6.45) is 4.74. The third-order valence-corrected chi connectivity index (χ3v) is 6.42. The van der Waals surface area contributed by atoms with E-state index < -0.39 is 0 Å². The van der Waals surface area contributed by atoms with Gasteiger partial charge in [-0.3, -0.25) is 4.57 Å². The van der Waals surface area contributed by atoms with Crippen LogP contribution in [0.25, 0.3) is 16.5 Å². The molecule has 0 amide bonds. The highest BCUT2D eigenvalue weighted by molar-refractivity contribution is 7.14. The van der Waals surface area contributed by atoms with E-state index >= 15 is 0 Å². The van der Waals surface area contributed by atoms with Crippen LogP contribution in [0, 0.1) is 6.92 Å². The minimum atomic E-state index is 0.0275. The first-order valence-corrected chi connectivity index (χ1v) is 9.74. The molecule has 3 aliphatic rings. The zero-order valence-electron chi connectivity index (χ0n) is 14.9. The smallest absolute Gasteiger partial charge is 0.187 e. The number of aromatic nitrogens is 4. The molecule has 3 saturated carbocycles. The number of aryl methyl sites for hydroxylation is 1. The van der Waals surface area contributed by atoms with Crippen molar-refractivity contribution in [3.63, 3.8) is 0 Å². The van der Waals surface area contributed by atoms with Gasteiger partial charge >= 0.3 is 0 Å². The number of hydrogen-bond acceptors (Lipinski definition) is 6. The molecule has 6 nitrogen and oxygen atoms in total. The molecule has 3 heterocycles. The summed E-state index contributed by atoms with van der Waals surface area (Å²) >= 11 is 1.75. The molecule has 3 aliphatic carbocycles. The SMILES string of the molecule is CCOc1ccc(-c2nnc(C34CC(N)(C3)C4)n2-c2ccc(C)s2)nc1. The largest absolute Gasteiger partial charge is 0.492 e. The van der Waals surface area contributed by atoms with Crippen LogP contribution in [0.3, 0.4) is 0 Å². The summed E-state index contributed by atoms with van der Waals surface area (Å²) in [5, 5.41) is 10.2. The molecule has 6 rings (SSSR count). The number of nitrogens with zero attached hydrogens (tertiary/aromatic N) is 4. The van der Waals surface area contributed by atoms with E-state index in [4.69, 9.17) is 10.5 Å². The minimum Gasteiger partial charge on any atom is -0.492 e. The van der Waals surface area contributed by atoms with Gasteiger partial charge in [0.15, 0.2) is 5.82 Å². The lowest BCUT2D eigenvalue weighted by Gasteiger charge is -2.68. The molecular formula is C19H21N5OS. The summed E-state index contributed by atoms with van der Waals surface area (Å²) in [5.41, 5.74) is 7.20. The average Bonchev–Trinajstić information content (AvgIpc) is 3.18.